The summed E-state index contributed by atoms with van der Waals surface area (Å²) in [5.41, 5.74) is 5.40. The van der Waals surface area contributed by atoms with Crippen molar-refractivity contribution in [3.05, 3.63) is 0 Å². The van der Waals surface area contributed by atoms with E-state index in [0.717, 1.165) is 6.42 Å². The lowest BCUT2D eigenvalue weighted by atomic mass is 10.2. The Kier molecular flexibility index (Phi) is 9.14. The predicted molar refractivity (Wildman–Crippen MR) is 66.0 cm³/mol. The molecule has 0 aliphatic heterocycles. The number of nitrogens with two attached hydrogens (primary N) is 1. The number of hydrogen-bond acceptors (Lipinski definition) is 4. The van der Waals surface area contributed by atoms with Crippen molar-refractivity contribution in [2.24, 2.45) is 10.9 Å². The van der Waals surface area contributed by atoms with Gasteiger partial charge in [0.05, 0.1) is 6.54 Å². The number of amides is 1. The fourth-order valence-corrected chi connectivity index (χ4v) is 1.42. The van der Waals surface area contributed by atoms with Crippen LogP contribution in [0.3, 0.4) is 0 Å². The Morgan fingerprint density at radius 3 is 2.71 bits per heavy atom. The first-order valence-corrected chi connectivity index (χ1v) is 5.97. The predicted octanol–water partition coefficient (Wildman–Crippen LogP) is 0.788. The summed E-state index contributed by atoms with van der Waals surface area (Å²) in [6.45, 7) is 5.95. The molecular formula is C11H23N3O3. The molecule has 0 fully saturated rings. The molecule has 0 bridgehead atoms. The van der Waals surface area contributed by atoms with E-state index in [1.54, 1.807) is 4.90 Å². The lowest BCUT2D eigenvalue weighted by Crippen LogP contribution is -2.39. The van der Waals surface area contributed by atoms with Crippen LogP contribution in [0.2, 0.25) is 0 Å². The standard InChI is InChI=1S/C11H23N3O3/c1-3-7-14(9-10(12)13-16)11(15)6-5-8-17-4-2/h16H,3-9H2,1-2H3,(H2,12,13). The maximum absolute atomic E-state index is 11.8. The van der Waals surface area contributed by atoms with Crippen molar-refractivity contribution in [1.29, 1.82) is 0 Å². The zero-order valence-corrected chi connectivity index (χ0v) is 10.7. The lowest BCUT2D eigenvalue weighted by molar-refractivity contribution is -0.130. The van der Waals surface area contributed by atoms with Crippen molar-refractivity contribution >= 4 is 11.7 Å². The summed E-state index contributed by atoms with van der Waals surface area (Å²) in [5.74, 6) is 0.0646. The Hall–Kier alpha value is -1.30. The van der Waals surface area contributed by atoms with Gasteiger partial charge in [0.15, 0.2) is 5.84 Å². The van der Waals surface area contributed by atoms with E-state index in [-0.39, 0.29) is 18.3 Å². The Morgan fingerprint density at radius 1 is 1.47 bits per heavy atom. The maximum Gasteiger partial charge on any atom is 0.223 e. The van der Waals surface area contributed by atoms with E-state index in [1.807, 2.05) is 13.8 Å². The Morgan fingerprint density at radius 2 is 2.18 bits per heavy atom. The van der Waals surface area contributed by atoms with Crippen LogP contribution >= 0.6 is 0 Å². The summed E-state index contributed by atoms with van der Waals surface area (Å²) in [6.07, 6.45) is 1.97. The molecule has 0 spiro atoms. The van der Waals surface area contributed by atoms with Crippen LogP contribution in [0.4, 0.5) is 0 Å². The first kappa shape index (κ1) is 15.7. The van der Waals surface area contributed by atoms with Crippen LogP contribution in [0.15, 0.2) is 5.16 Å². The summed E-state index contributed by atoms with van der Waals surface area (Å²) >= 11 is 0. The van der Waals surface area contributed by atoms with Gasteiger partial charge in [-0.2, -0.15) is 0 Å². The van der Waals surface area contributed by atoms with Gasteiger partial charge in [-0.25, -0.2) is 0 Å². The van der Waals surface area contributed by atoms with Crippen LogP contribution < -0.4 is 5.73 Å². The third-order valence-electron chi connectivity index (χ3n) is 2.21. The second-order valence-corrected chi connectivity index (χ2v) is 3.71. The van der Waals surface area contributed by atoms with Gasteiger partial charge in [-0.15, -0.1) is 0 Å². The first-order chi connectivity index (χ1) is 8.15. The highest BCUT2D eigenvalue weighted by Gasteiger charge is 2.13. The van der Waals surface area contributed by atoms with E-state index < -0.39 is 0 Å². The SMILES string of the molecule is CCCN(CC(N)=NO)C(=O)CCCOCC. The number of amidine groups is 1. The van der Waals surface area contributed by atoms with Gasteiger partial charge in [0.2, 0.25) is 5.91 Å². The molecule has 0 saturated carbocycles. The van der Waals surface area contributed by atoms with Crippen molar-refractivity contribution in [1.82, 2.24) is 4.90 Å². The molecule has 0 aromatic carbocycles. The molecule has 0 aliphatic rings. The van der Waals surface area contributed by atoms with Gasteiger partial charge < -0.3 is 20.6 Å². The molecule has 0 aliphatic carbocycles. The van der Waals surface area contributed by atoms with E-state index in [4.69, 9.17) is 15.7 Å². The van der Waals surface area contributed by atoms with Gasteiger partial charge in [0.25, 0.3) is 0 Å². The topological polar surface area (TPSA) is 88.1 Å². The molecule has 0 aromatic rings. The average molecular weight is 245 g/mol. The van der Waals surface area contributed by atoms with E-state index in [2.05, 4.69) is 5.16 Å². The second kappa shape index (κ2) is 9.89. The molecule has 1 amide bonds. The summed E-state index contributed by atoms with van der Waals surface area (Å²) in [5, 5.41) is 11.4. The van der Waals surface area contributed by atoms with Gasteiger partial charge in [0.1, 0.15) is 0 Å². The fraction of sp³-hybridized carbons (Fsp3) is 0.818. The summed E-state index contributed by atoms with van der Waals surface area (Å²) in [6, 6.07) is 0. The average Bonchev–Trinajstić information content (AvgIpc) is 2.33. The molecule has 17 heavy (non-hydrogen) atoms. The molecule has 6 heteroatoms. The number of oxime groups is 1. The zero-order chi connectivity index (χ0) is 13.1. The summed E-state index contributed by atoms with van der Waals surface area (Å²) in [4.78, 5) is 13.4. The summed E-state index contributed by atoms with van der Waals surface area (Å²) < 4.78 is 5.17. The number of hydrogen-bond donors (Lipinski definition) is 2. The van der Waals surface area contributed by atoms with Crippen LogP contribution in [0.1, 0.15) is 33.1 Å². The third-order valence-corrected chi connectivity index (χ3v) is 2.21. The molecular weight excluding hydrogens is 222 g/mol. The van der Waals surface area contributed by atoms with Gasteiger partial charge >= 0.3 is 0 Å². The largest absolute Gasteiger partial charge is 0.409 e. The van der Waals surface area contributed by atoms with Crippen molar-refractivity contribution in [2.75, 3.05) is 26.3 Å². The summed E-state index contributed by atoms with van der Waals surface area (Å²) in [7, 11) is 0. The molecule has 0 atom stereocenters. The second-order valence-electron chi connectivity index (χ2n) is 3.71. The van der Waals surface area contributed by atoms with Crippen LogP contribution in [-0.4, -0.2) is 48.2 Å². The van der Waals surface area contributed by atoms with Crippen molar-refractivity contribution < 1.29 is 14.7 Å². The number of carbonyl (C=O) groups is 1. The minimum atomic E-state index is 0.0122. The van der Waals surface area contributed by atoms with E-state index in [1.165, 1.54) is 0 Å². The van der Waals surface area contributed by atoms with Crippen LogP contribution in [0.25, 0.3) is 0 Å². The minimum absolute atomic E-state index is 0.0122. The van der Waals surface area contributed by atoms with Gasteiger partial charge in [0, 0.05) is 26.2 Å². The molecule has 0 saturated heterocycles. The van der Waals surface area contributed by atoms with E-state index in [9.17, 15) is 4.79 Å². The van der Waals surface area contributed by atoms with E-state index in [0.29, 0.717) is 32.6 Å². The number of ether oxygens (including phenoxy) is 1. The molecule has 100 valence electrons. The van der Waals surface area contributed by atoms with Gasteiger partial charge in [-0.3, -0.25) is 4.79 Å². The molecule has 0 heterocycles. The molecule has 3 N–H and O–H groups in total. The van der Waals surface area contributed by atoms with Gasteiger partial charge in [-0.1, -0.05) is 12.1 Å². The molecule has 0 rings (SSSR count). The highest BCUT2D eigenvalue weighted by molar-refractivity contribution is 5.86. The normalized spacial score (nSPS) is 11.5. The van der Waals surface area contributed by atoms with Crippen LogP contribution in [-0.2, 0) is 9.53 Å². The number of carbonyl (C=O) groups excluding carboxylic acids is 1. The smallest absolute Gasteiger partial charge is 0.223 e. The highest BCUT2D eigenvalue weighted by Crippen LogP contribution is 2.00. The lowest BCUT2D eigenvalue weighted by Gasteiger charge is -2.21. The zero-order valence-electron chi connectivity index (χ0n) is 10.7. The van der Waals surface area contributed by atoms with Crippen LogP contribution in [0, 0.1) is 0 Å². The molecule has 0 radical (unpaired) electrons. The van der Waals surface area contributed by atoms with E-state index >= 15 is 0 Å². The number of rotatable bonds is 9. The Balaban J connectivity index is 4.05. The molecule has 0 aromatic heterocycles. The fourth-order valence-electron chi connectivity index (χ4n) is 1.42. The minimum Gasteiger partial charge on any atom is -0.409 e. The Bertz CT molecular complexity index is 244. The molecule has 0 unspecified atom stereocenters. The first-order valence-electron chi connectivity index (χ1n) is 5.97. The van der Waals surface area contributed by atoms with Crippen molar-refractivity contribution in [3.8, 4) is 0 Å². The molecule has 6 nitrogen and oxygen atoms in total. The third kappa shape index (κ3) is 7.57. The van der Waals surface area contributed by atoms with Gasteiger partial charge in [-0.05, 0) is 19.8 Å². The highest BCUT2D eigenvalue weighted by atomic mass is 16.5. The monoisotopic (exact) mass is 245 g/mol. The quantitative estimate of drug-likeness (QED) is 0.207. The number of nitrogens with zero attached hydrogens (tertiary/aromatic N) is 2. The van der Waals surface area contributed by atoms with Crippen molar-refractivity contribution in [2.45, 2.75) is 33.1 Å². The Labute approximate surface area is 102 Å². The maximum atomic E-state index is 11.8. The van der Waals surface area contributed by atoms with Crippen molar-refractivity contribution in [3.63, 3.8) is 0 Å². The van der Waals surface area contributed by atoms with Crippen LogP contribution in [0.5, 0.6) is 0 Å².